The molecule has 3 aromatic rings. The summed E-state index contributed by atoms with van der Waals surface area (Å²) in [5, 5.41) is 2.73. The Hall–Kier alpha value is -2.47. The monoisotopic (exact) mass is 360 g/mol. The standard InChI is InChI=1S/C16H10BrFN2O2/c17-14-5-4-11(18)7-13(14)16(21)20-12-3-1-2-10(6-12)15-8-19-9-22-15/h1-9H,(H,20,21). The number of aromatic nitrogens is 1. The number of anilines is 1. The maximum Gasteiger partial charge on any atom is 0.256 e. The minimum Gasteiger partial charge on any atom is -0.444 e. The number of carbonyl (C=O) groups excluding carboxylic acids is 1. The number of nitrogens with one attached hydrogen (secondary N) is 1. The average molecular weight is 361 g/mol. The van der Waals surface area contributed by atoms with Crippen LogP contribution in [0.25, 0.3) is 11.3 Å². The van der Waals surface area contributed by atoms with Crippen LogP contribution in [0.4, 0.5) is 10.1 Å². The maximum atomic E-state index is 13.3. The molecule has 0 spiro atoms. The molecule has 0 bridgehead atoms. The van der Waals surface area contributed by atoms with E-state index in [1.807, 2.05) is 6.07 Å². The SMILES string of the molecule is O=C(Nc1cccc(-c2cnco2)c1)c1cc(F)ccc1Br. The highest BCUT2D eigenvalue weighted by Gasteiger charge is 2.12. The van der Waals surface area contributed by atoms with Gasteiger partial charge in [0.15, 0.2) is 12.2 Å². The smallest absolute Gasteiger partial charge is 0.256 e. The summed E-state index contributed by atoms with van der Waals surface area (Å²) in [6.45, 7) is 0. The van der Waals surface area contributed by atoms with E-state index in [0.717, 1.165) is 5.56 Å². The molecule has 4 nitrogen and oxygen atoms in total. The van der Waals surface area contributed by atoms with E-state index in [1.54, 1.807) is 24.4 Å². The molecule has 1 aromatic heterocycles. The van der Waals surface area contributed by atoms with E-state index in [4.69, 9.17) is 4.42 Å². The van der Waals surface area contributed by atoms with Crippen LogP contribution in [0.2, 0.25) is 0 Å². The molecular formula is C16H10BrFN2O2. The second-order valence-electron chi connectivity index (χ2n) is 4.52. The summed E-state index contributed by atoms with van der Waals surface area (Å²) in [5.41, 5.74) is 1.59. The molecule has 0 saturated carbocycles. The molecule has 1 heterocycles. The molecule has 22 heavy (non-hydrogen) atoms. The maximum absolute atomic E-state index is 13.3. The molecule has 0 saturated heterocycles. The van der Waals surface area contributed by atoms with Crippen LogP contribution in [0.1, 0.15) is 10.4 Å². The van der Waals surface area contributed by atoms with Crippen LogP contribution < -0.4 is 5.32 Å². The molecule has 0 fully saturated rings. The van der Waals surface area contributed by atoms with Gasteiger partial charge >= 0.3 is 0 Å². The molecule has 2 aromatic carbocycles. The normalized spacial score (nSPS) is 10.5. The molecule has 0 unspecified atom stereocenters. The predicted octanol–water partition coefficient (Wildman–Crippen LogP) is 4.50. The first-order chi connectivity index (χ1) is 10.6. The lowest BCUT2D eigenvalue weighted by Crippen LogP contribution is -2.12. The van der Waals surface area contributed by atoms with E-state index in [0.29, 0.717) is 15.9 Å². The largest absolute Gasteiger partial charge is 0.444 e. The Kier molecular flexibility index (Phi) is 4.02. The Bertz CT molecular complexity index is 819. The van der Waals surface area contributed by atoms with Gasteiger partial charge in [0.2, 0.25) is 0 Å². The van der Waals surface area contributed by atoms with E-state index in [9.17, 15) is 9.18 Å². The third-order valence-corrected chi connectivity index (χ3v) is 3.70. The molecule has 6 heteroatoms. The van der Waals surface area contributed by atoms with Crippen LogP contribution in [0.3, 0.4) is 0 Å². The molecule has 0 radical (unpaired) electrons. The summed E-state index contributed by atoms with van der Waals surface area (Å²) in [6.07, 6.45) is 2.93. The Morgan fingerprint density at radius 3 is 2.86 bits per heavy atom. The Balaban J connectivity index is 1.85. The van der Waals surface area contributed by atoms with Crippen molar-refractivity contribution in [3.63, 3.8) is 0 Å². The van der Waals surface area contributed by atoms with Crippen LogP contribution in [0.15, 0.2) is 63.9 Å². The number of nitrogens with zero attached hydrogens (tertiary/aromatic N) is 1. The molecule has 0 aliphatic rings. The quantitative estimate of drug-likeness (QED) is 0.748. The second-order valence-corrected chi connectivity index (χ2v) is 5.38. The highest BCUT2D eigenvalue weighted by atomic mass is 79.9. The zero-order valence-electron chi connectivity index (χ0n) is 11.2. The van der Waals surface area contributed by atoms with Gasteiger partial charge in [0, 0.05) is 15.7 Å². The number of hydrogen-bond donors (Lipinski definition) is 1. The van der Waals surface area contributed by atoms with E-state index in [1.165, 1.54) is 24.6 Å². The fourth-order valence-electron chi connectivity index (χ4n) is 1.98. The van der Waals surface area contributed by atoms with Gasteiger partial charge in [-0.25, -0.2) is 9.37 Å². The average Bonchev–Trinajstić information content (AvgIpc) is 3.04. The lowest BCUT2D eigenvalue weighted by atomic mass is 10.1. The summed E-state index contributed by atoms with van der Waals surface area (Å²) >= 11 is 3.24. The van der Waals surface area contributed by atoms with Crippen molar-refractivity contribution < 1.29 is 13.6 Å². The number of benzene rings is 2. The minimum atomic E-state index is -0.469. The van der Waals surface area contributed by atoms with Crippen molar-refractivity contribution in [1.29, 1.82) is 0 Å². The van der Waals surface area contributed by atoms with Crippen LogP contribution >= 0.6 is 15.9 Å². The summed E-state index contributed by atoms with van der Waals surface area (Å²) in [6, 6.07) is 11.1. The third-order valence-electron chi connectivity index (χ3n) is 3.01. The number of halogens is 2. The summed E-state index contributed by atoms with van der Waals surface area (Å²) < 4.78 is 19.0. The molecule has 0 aliphatic heterocycles. The van der Waals surface area contributed by atoms with Gasteiger partial charge in [-0.2, -0.15) is 0 Å². The van der Waals surface area contributed by atoms with Gasteiger partial charge in [-0.1, -0.05) is 12.1 Å². The number of amides is 1. The Morgan fingerprint density at radius 2 is 2.09 bits per heavy atom. The number of rotatable bonds is 3. The first-order valence-corrected chi connectivity index (χ1v) is 7.18. The van der Waals surface area contributed by atoms with Gasteiger partial charge in [-0.15, -0.1) is 0 Å². The van der Waals surface area contributed by atoms with Gasteiger partial charge in [-0.05, 0) is 46.3 Å². The number of hydrogen-bond acceptors (Lipinski definition) is 3. The van der Waals surface area contributed by atoms with Crippen molar-refractivity contribution in [2.24, 2.45) is 0 Å². The zero-order chi connectivity index (χ0) is 15.5. The summed E-state index contributed by atoms with van der Waals surface area (Å²) in [5.74, 6) is -0.270. The third kappa shape index (κ3) is 3.07. The number of carbonyl (C=O) groups is 1. The highest BCUT2D eigenvalue weighted by molar-refractivity contribution is 9.10. The van der Waals surface area contributed by atoms with E-state index >= 15 is 0 Å². The van der Waals surface area contributed by atoms with Crippen molar-refractivity contribution in [1.82, 2.24) is 4.98 Å². The second kappa shape index (κ2) is 6.11. The lowest BCUT2D eigenvalue weighted by Gasteiger charge is -2.08. The van der Waals surface area contributed by atoms with Crippen molar-refractivity contribution in [2.75, 3.05) is 5.32 Å². The van der Waals surface area contributed by atoms with Crippen molar-refractivity contribution in [3.05, 3.63) is 70.9 Å². The van der Waals surface area contributed by atoms with Gasteiger partial charge in [0.25, 0.3) is 5.91 Å². The first-order valence-electron chi connectivity index (χ1n) is 6.39. The molecule has 0 aliphatic carbocycles. The van der Waals surface area contributed by atoms with Crippen molar-refractivity contribution in [2.45, 2.75) is 0 Å². The van der Waals surface area contributed by atoms with Crippen molar-refractivity contribution >= 4 is 27.5 Å². The molecule has 1 N–H and O–H groups in total. The minimum absolute atomic E-state index is 0.227. The molecular weight excluding hydrogens is 351 g/mol. The Labute approximate surface area is 134 Å². The summed E-state index contributed by atoms with van der Waals surface area (Å²) in [4.78, 5) is 16.1. The molecule has 3 rings (SSSR count). The van der Waals surface area contributed by atoms with E-state index < -0.39 is 11.7 Å². The molecule has 110 valence electrons. The zero-order valence-corrected chi connectivity index (χ0v) is 12.8. The molecule has 1 amide bonds. The fourth-order valence-corrected chi connectivity index (χ4v) is 2.41. The predicted molar refractivity (Wildman–Crippen MR) is 84.0 cm³/mol. The topological polar surface area (TPSA) is 55.1 Å². The fraction of sp³-hybridized carbons (Fsp3) is 0. The highest BCUT2D eigenvalue weighted by Crippen LogP contribution is 2.24. The lowest BCUT2D eigenvalue weighted by molar-refractivity contribution is 0.102. The van der Waals surface area contributed by atoms with E-state index in [2.05, 4.69) is 26.2 Å². The number of oxazole rings is 1. The molecule has 0 atom stereocenters. The van der Waals surface area contributed by atoms with Gasteiger partial charge in [-0.3, -0.25) is 4.79 Å². The Morgan fingerprint density at radius 1 is 1.23 bits per heavy atom. The van der Waals surface area contributed by atoms with Crippen LogP contribution in [0.5, 0.6) is 0 Å². The van der Waals surface area contributed by atoms with E-state index in [-0.39, 0.29) is 5.56 Å². The van der Waals surface area contributed by atoms with Gasteiger partial charge in [0.05, 0.1) is 11.8 Å². The van der Waals surface area contributed by atoms with Gasteiger partial charge < -0.3 is 9.73 Å². The van der Waals surface area contributed by atoms with Crippen LogP contribution in [-0.4, -0.2) is 10.9 Å². The van der Waals surface area contributed by atoms with Crippen LogP contribution in [0, 0.1) is 5.82 Å². The van der Waals surface area contributed by atoms with Crippen molar-refractivity contribution in [3.8, 4) is 11.3 Å². The summed E-state index contributed by atoms with van der Waals surface area (Å²) in [7, 11) is 0. The van der Waals surface area contributed by atoms with Gasteiger partial charge in [0.1, 0.15) is 5.82 Å². The van der Waals surface area contributed by atoms with Crippen LogP contribution in [-0.2, 0) is 0 Å². The first kappa shape index (κ1) is 14.5.